The standard InChI is InChI=1S/C21H24OSi/c1-20(18-11-6-5-7-12-18)16-17-10-8-9-13-19(17)21(20,22)14-15-23(2,3)4/h5-13,22H,16H2,1-4H3/t20-,21+/m0/s1. The lowest BCUT2D eigenvalue weighted by molar-refractivity contribution is 0.0318. The Balaban J connectivity index is 2.23. The molecule has 0 saturated carbocycles. The van der Waals surface area contributed by atoms with Gasteiger partial charge in [-0.15, -0.1) is 5.54 Å². The molecule has 0 aromatic heterocycles. The summed E-state index contributed by atoms with van der Waals surface area (Å²) in [6, 6.07) is 18.5. The number of fused-ring (bicyclic) bond motifs is 1. The maximum Gasteiger partial charge on any atom is 0.160 e. The lowest BCUT2D eigenvalue weighted by Crippen LogP contribution is -2.43. The van der Waals surface area contributed by atoms with Crippen LogP contribution in [0.15, 0.2) is 54.6 Å². The van der Waals surface area contributed by atoms with Gasteiger partial charge in [0.25, 0.3) is 0 Å². The van der Waals surface area contributed by atoms with Gasteiger partial charge in [0, 0.05) is 5.41 Å². The summed E-state index contributed by atoms with van der Waals surface area (Å²) in [7, 11) is -1.58. The molecule has 1 aliphatic carbocycles. The zero-order chi connectivity index (χ0) is 16.7. The van der Waals surface area contributed by atoms with E-state index in [-0.39, 0.29) is 0 Å². The van der Waals surface area contributed by atoms with Gasteiger partial charge in [-0.2, -0.15) is 0 Å². The fourth-order valence-corrected chi connectivity index (χ4v) is 3.99. The number of hydrogen-bond acceptors (Lipinski definition) is 1. The fourth-order valence-electron chi connectivity index (χ4n) is 3.43. The van der Waals surface area contributed by atoms with Crippen molar-refractivity contribution >= 4 is 8.07 Å². The van der Waals surface area contributed by atoms with Gasteiger partial charge >= 0.3 is 0 Å². The quantitative estimate of drug-likeness (QED) is 0.614. The first-order chi connectivity index (χ1) is 10.8. The second-order valence-electron chi connectivity index (χ2n) is 7.74. The van der Waals surface area contributed by atoms with Gasteiger partial charge < -0.3 is 5.11 Å². The van der Waals surface area contributed by atoms with Crippen LogP contribution in [0.4, 0.5) is 0 Å². The molecule has 0 saturated heterocycles. The fraction of sp³-hybridized carbons (Fsp3) is 0.333. The van der Waals surface area contributed by atoms with Gasteiger partial charge in [0.05, 0.1) is 0 Å². The predicted molar refractivity (Wildman–Crippen MR) is 99.0 cm³/mol. The Morgan fingerprint density at radius 2 is 1.57 bits per heavy atom. The third-order valence-electron chi connectivity index (χ3n) is 4.78. The highest BCUT2D eigenvalue weighted by Gasteiger charge is 2.54. The molecule has 1 aliphatic rings. The molecular formula is C21H24OSi. The number of rotatable bonds is 1. The SMILES string of the molecule is C[C@@]1(c2ccccc2)Cc2ccccc2[C@]1(O)C#C[Si](C)(C)C. The molecule has 0 spiro atoms. The van der Waals surface area contributed by atoms with Crippen LogP contribution in [-0.2, 0) is 17.4 Å². The monoisotopic (exact) mass is 320 g/mol. The topological polar surface area (TPSA) is 20.2 Å². The largest absolute Gasteiger partial charge is 0.372 e. The summed E-state index contributed by atoms with van der Waals surface area (Å²) >= 11 is 0. The van der Waals surface area contributed by atoms with E-state index in [4.69, 9.17) is 0 Å². The van der Waals surface area contributed by atoms with E-state index in [1.165, 1.54) is 5.56 Å². The Bertz CT molecular complexity index is 779. The van der Waals surface area contributed by atoms with Crippen LogP contribution in [0.3, 0.4) is 0 Å². The van der Waals surface area contributed by atoms with Crippen LogP contribution in [0.25, 0.3) is 0 Å². The first kappa shape index (κ1) is 16.0. The summed E-state index contributed by atoms with van der Waals surface area (Å²) in [5.74, 6) is 3.31. The van der Waals surface area contributed by atoms with E-state index in [0.717, 1.165) is 17.5 Å². The van der Waals surface area contributed by atoms with Gasteiger partial charge in [0.1, 0.15) is 8.07 Å². The van der Waals surface area contributed by atoms with Crippen molar-refractivity contribution in [1.29, 1.82) is 0 Å². The van der Waals surface area contributed by atoms with E-state index in [1.54, 1.807) is 0 Å². The van der Waals surface area contributed by atoms with Crippen LogP contribution in [0.5, 0.6) is 0 Å². The summed E-state index contributed by atoms with van der Waals surface area (Å²) in [6.45, 7) is 8.78. The maximum atomic E-state index is 11.7. The van der Waals surface area contributed by atoms with Crippen LogP contribution in [0.1, 0.15) is 23.6 Å². The summed E-state index contributed by atoms with van der Waals surface area (Å²) in [5.41, 5.74) is 5.16. The minimum Gasteiger partial charge on any atom is -0.372 e. The van der Waals surface area contributed by atoms with E-state index in [1.807, 2.05) is 36.4 Å². The van der Waals surface area contributed by atoms with Crippen molar-refractivity contribution in [2.75, 3.05) is 0 Å². The van der Waals surface area contributed by atoms with E-state index < -0.39 is 19.1 Å². The molecular weight excluding hydrogens is 296 g/mol. The Labute approximate surface area is 140 Å². The molecule has 0 aliphatic heterocycles. The summed E-state index contributed by atoms with van der Waals surface area (Å²) in [6.07, 6.45) is 0.810. The average Bonchev–Trinajstić information content (AvgIpc) is 2.76. The van der Waals surface area contributed by atoms with Crippen molar-refractivity contribution in [2.24, 2.45) is 0 Å². The average molecular weight is 321 g/mol. The first-order valence-electron chi connectivity index (χ1n) is 8.17. The Kier molecular flexibility index (Phi) is 3.75. The molecule has 118 valence electrons. The van der Waals surface area contributed by atoms with Crippen molar-refractivity contribution in [2.45, 2.75) is 44.0 Å². The third-order valence-corrected chi connectivity index (χ3v) is 5.65. The van der Waals surface area contributed by atoms with Crippen LogP contribution in [-0.4, -0.2) is 13.2 Å². The van der Waals surface area contributed by atoms with E-state index in [9.17, 15) is 5.11 Å². The molecule has 23 heavy (non-hydrogen) atoms. The molecule has 2 heteroatoms. The Hall–Kier alpha value is -1.82. The maximum absolute atomic E-state index is 11.7. The molecule has 1 nitrogen and oxygen atoms in total. The molecule has 2 atom stereocenters. The summed E-state index contributed by atoms with van der Waals surface area (Å²) in [5, 5.41) is 11.7. The van der Waals surface area contributed by atoms with Gasteiger partial charge in [-0.3, -0.25) is 0 Å². The number of benzene rings is 2. The van der Waals surface area contributed by atoms with Gasteiger partial charge in [-0.05, 0) is 23.1 Å². The molecule has 0 unspecified atom stereocenters. The van der Waals surface area contributed by atoms with Gasteiger partial charge in [0.2, 0.25) is 0 Å². The van der Waals surface area contributed by atoms with Crippen LogP contribution in [0.2, 0.25) is 19.6 Å². The highest BCUT2D eigenvalue weighted by molar-refractivity contribution is 6.83. The molecule has 0 fully saturated rings. The van der Waals surface area contributed by atoms with Crippen molar-refractivity contribution in [1.82, 2.24) is 0 Å². The highest BCUT2D eigenvalue weighted by Crippen LogP contribution is 2.51. The third kappa shape index (κ3) is 2.65. The van der Waals surface area contributed by atoms with E-state index >= 15 is 0 Å². The smallest absolute Gasteiger partial charge is 0.160 e. The second kappa shape index (κ2) is 5.37. The molecule has 0 heterocycles. The van der Waals surface area contributed by atoms with Gasteiger partial charge in [-0.25, -0.2) is 0 Å². The first-order valence-corrected chi connectivity index (χ1v) is 11.7. The van der Waals surface area contributed by atoms with Crippen LogP contribution in [0, 0.1) is 11.5 Å². The molecule has 2 aromatic carbocycles. The lowest BCUT2D eigenvalue weighted by Gasteiger charge is -2.37. The van der Waals surface area contributed by atoms with Crippen molar-refractivity contribution < 1.29 is 5.11 Å². The lowest BCUT2D eigenvalue weighted by atomic mass is 9.69. The Morgan fingerprint density at radius 1 is 0.957 bits per heavy atom. The number of aliphatic hydroxyl groups is 1. The van der Waals surface area contributed by atoms with Crippen molar-refractivity contribution in [3.63, 3.8) is 0 Å². The van der Waals surface area contributed by atoms with E-state index in [0.29, 0.717) is 0 Å². The summed E-state index contributed by atoms with van der Waals surface area (Å²) in [4.78, 5) is 0. The predicted octanol–water partition coefficient (Wildman–Crippen LogP) is 4.27. The minimum absolute atomic E-state index is 0.426. The zero-order valence-electron chi connectivity index (χ0n) is 14.4. The zero-order valence-corrected chi connectivity index (χ0v) is 15.4. The van der Waals surface area contributed by atoms with Crippen molar-refractivity contribution in [3.8, 4) is 11.5 Å². The van der Waals surface area contributed by atoms with Gasteiger partial charge in [0.15, 0.2) is 5.60 Å². The molecule has 2 aromatic rings. The molecule has 0 radical (unpaired) electrons. The summed E-state index contributed by atoms with van der Waals surface area (Å²) < 4.78 is 0. The van der Waals surface area contributed by atoms with Gasteiger partial charge in [-0.1, -0.05) is 87.1 Å². The minimum atomic E-state index is -1.58. The second-order valence-corrected chi connectivity index (χ2v) is 12.5. The number of hydrogen-bond donors (Lipinski definition) is 1. The van der Waals surface area contributed by atoms with Crippen molar-refractivity contribution in [3.05, 3.63) is 71.3 Å². The van der Waals surface area contributed by atoms with E-state index in [2.05, 4.69) is 56.2 Å². The molecule has 1 N–H and O–H groups in total. The molecule has 3 rings (SSSR count). The molecule has 0 amide bonds. The Morgan fingerprint density at radius 3 is 2.22 bits per heavy atom. The molecule has 0 bridgehead atoms. The van der Waals surface area contributed by atoms with Crippen LogP contribution >= 0.6 is 0 Å². The highest BCUT2D eigenvalue weighted by atomic mass is 28.3. The normalized spacial score (nSPS) is 26.3. The van der Waals surface area contributed by atoms with Crippen LogP contribution < -0.4 is 0 Å².